The second kappa shape index (κ2) is 6.69. The molecule has 2 unspecified atom stereocenters. The molecule has 0 saturated carbocycles. The second-order valence-electron chi connectivity index (χ2n) is 4.19. The van der Waals surface area contributed by atoms with Gasteiger partial charge in [-0.2, -0.15) is 0 Å². The molecule has 0 amide bonds. The summed E-state index contributed by atoms with van der Waals surface area (Å²) in [6.45, 7) is 2.01. The van der Waals surface area contributed by atoms with Crippen LogP contribution in [0.5, 0.6) is 0 Å². The number of hydrogen-bond donors (Lipinski definition) is 2. The third-order valence-corrected chi connectivity index (χ3v) is 5.97. The first-order valence-corrected chi connectivity index (χ1v) is 9.09. The van der Waals surface area contributed by atoms with Gasteiger partial charge in [0.25, 0.3) is 0 Å². The molecular weight excluding hydrogens is 308 g/mol. The number of nitrogen functional groups attached to an aromatic ring is 1. The Morgan fingerprint density at radius 3 is 2.68 bits per heavy atom. The summed E-state index contributed by atoms with van der Waals surface area (Å²) >= 11 is 5.85. The zero-order chi connectivity index (χ0) is 14.6. The lowest BCUT2D eigenvalue weighted by Gasteiger charge is -2.11. The van der Waals surface area contributed by atoms with Gasteiger partial charge in [-0.05, 0) is 24.6 Å². The van der Waals surface area contributed by atoms with Crippen molar-refractivity contribution in [3.8, 4) is 0 Å². The minimum Gasteiger partial charge on any atom is -0.399 e. The van der Waals surface area contributed by atoms with Crippen molar-refractivity contribution in [2.45, 2.75) is 23.5 Å². The number of benzene rings is 1. The van der Waals surface area contributed by atoms with Crippen LogP contribution in [0.25, 0.3) is 0 Å². The Kier molecular flexibility index (Phi) is 5.79. The Labute approximate surface area is 121 Å². The largest absolute Gasteiger partial charge is 0.399 e. The first kappa shape index (κ1) is 16.4. The Balaban J connectivity index is 2.76. The summed E-state index contributed by atoms with van der Waals surface area (Å²) in [7, 11) is -4.67. The van der Waals surface area contributed by atoms with E-state index in [-0.39, 0.29) is 21.7 Å². The maximum Gasteiger partial charge on any atom is 0.242 e. The average molecular weight is 325 g/mol. The molecule has 5 nitrogen and oxygen atoms in total. The average Bonchev–Trinajstić information content (AvgIpc) is 2.31. The predicted octanol–water partition coefficient (Wildman–Crippen LogP) is 1.36. The standard InChI is InChI=1S/C11H17ClN2O3S2/c1-8(18(2)15)5-6-14-19(16,17)11-7-9(13)3-4-10(11)12/h3-4,7-8,14H,5-6,13H2,1-2H3. The molecule has 0 aliphatic rings. The van der Waals surface area contributed by atoms with Crippen molar-refractivity contribution in [3.63, 3.8) is 0 Å². The molecular formula is C11H17ClN2O3S2. The Bertz CT molecular complexity index is 575. The molecule has 0 heterocycles. The summed E-state index contributed by atoms with van der Waals surface area (Å²) in [4.78, 5) is -0.0422. The molecule has 1 rings (SSSR count). The number of halogens is 1. The molecule has 1 aromatic carbocycles. The highest BCUT2D eigenvalue weighted by atomic mass is 35.5. The number of hydrogen-bond acceptors (Lipinski definition) is 4. The number of anilines is 1. The summed E-state index contributed by atoms with van der Waals surface area (Å²) < 4.78 is 37.7. The van der Waals surface area contributed by atoms with Gasteiger partial charge in [-0.3, -0.25) is 4.21 Å². The van der Waals surface area contributed by atoms with Crippen molar-refractivity contribution in [2.24, 2.45) is 0 Å². The predicted molar refractivity (Wildman–Crippen MR) is 79.2 cm³/mol. The highest BCUT2D eigenvalue weighted by Gasteiger charge is 2.18. The van der Waals surface area contributed by atoms with Crippen molar-refractivity contribution in [2.75, 3.05) is 18.5 Å². The normalized spacial score (nSPS) is 15.1. The molecule has 19 heavy (non-hydrogen) atoms. The van der Waals surface area contributed by atoms with Gasteiger partial charge in [0, 0.05) is 34.5 Å². The van der Waals surface area contributed by atoms with Crippen molar-refractivity contribution in [3.05, 3.63) is 23.2 Å². The van der Waals surface area contributed by atoms with Crippen LogP contribution in [0.15, 0.2) is 23.1 Å². The number of nitrogens with one attached hydrogen (secondary N) is 1. The summed E-state index contributed by atoms with van der Waals surface area (Å²) in [6, 6.07) is 4.28. The SMILES string of the molecule is CC(CCNS(=O)(=O)c1cc(N)ccc1Cl)S(C)=O. The summed E-state index contributed by atoms with van der Waals surface area (Å²) in [5.41, 5.74) is 5.88. The molecule has 3 N–H and O–H groups in total. The lowest BCUT2D eigenvalue weighted by Crippen LogP contribution is -2.28. The van der Waals surface area contributed by atoms with Gasteiger partial charge < -0.3 is 5.73 Å². The smallest absolute Gasteiger partial charge is 0.242 e. The third kappa shape index (κ3) is 4.76. The van der Waals surface area contributed by atoms with Crippen LogP contribution in [-0.4, -0.2) is 30.7 Å². The van der Waals surface area contributed by atoms with E-state index in [0.717, 1.165) is 0 Å². The van der Waals surface area contributed by atoms with Crippen LogP contribution >= 0.6 is 11.6 Å². The lowest BCUT2D eigenvalue weighted by atomic mass is 10.3. The Morgan fingerprint density at radius 2 is 2.11 bits per heavy atom. The van der Waals surface area contributed by atoms with Gasteiger partial charge >= 0.3 is 0 Å². The maximum absolute atomic E-state index is 12.0. The minimum absolute atomic E-state index is 0.0422. The van der Waals surface area contributed by atoms with Crippen LogP contribution in [0, 0.1) is 0 Å². The summed E-state index contributed by atoms with van der Waals surface area (Å²) in [5, 5.41) is 0.0489. The minimum atomic E-state index is -3.70. The quantitative estimate of drug-likeness (QED) is 0.773. The Morgan fingerprint density at radius 1 is 1.47 bits per heavy atom. The first-order chi connectivity index (χ1) is 8.74. The number of rotatable bonds is 6. The van der Waals surface area contributed by atoms with Crippen LogP contribution in [0.4, 0.5) is 5.69 Å². The zero-order valence-corrected chi connectivity index (χ0v) is 13.1. The summed E-state index contributed by atoms with van der Waals surface area (Å²) in [6.07, 6.45) is 2.08. The van der Waals surface area contributed by atoms with Crippen LogP contribution in [0.3, 0.4) is 0 Å². The molecule has 8 heteroatoms. The highest BCUT2D eigenvalue weighted by molar-refractivity contribution is 7.89. The molecule has 0 saturated heterocycles. The molecule has 2 atom stereocenters. The van der Waals surface area contributed by atoms with E-state index < -0.39 is 20.8 Å². The van der Waals surface area contributed by atoms with E-state index in [1.54, 1.807) is 13.2 Å². The van der Waals surface area contributed by atoms with E-state index in [9.17, 15) is 12.6 Å². The molecule has 0 fully saturated rings. The Hall–Kier alpha value is -0.630. The molecule has 108 valence electrons. The molecule has 0 aromatic heterocycles. The first-order valence-electron chi connectivity index (χ1n) is 5.61. The van der Waals surface area contributed by atoms with E-state index >= 15 is 0 Å². The van der Waals surface area contributed by atoms with E-state index in [0.29, 0.717) is 12.1 Å². The third-order valence-electron chi connectivity index (χ3n) is 2.65. The molecule has 0 aliphatic carbocycles. The van der Waals surface area contributed by atoms with Crippen LogP contribution in [-0.2, 0) is 20.8 Å². The van der Waals surface area contributed by atoms with Gasteiger partial charge in [-0.1, -0.05) is 18.5 Å². The molecule has 0 radical (unpaired) electrons. The molecule has 0 bridgehead atoms. The topological polar surface area (TPSA) is 89.3 Å². The number of nitrogens with two attached hydrogens (primary N) is 1. The van der Waals surface area contributed by atoms with E-state index in [2.05, 4.69) is 4.72 Å². The monoisotopic (exact) mass is 324 g/mol. The van der Waals surface area contributed by atoms with Crippen LogP contribution in [0.1, 0.15) is 13.3 Å². The van der Waals surface area contributed by atoms with Gasteiger partial charge in [-0.25, -0.2) is 13.1 Å². The number of sulfonamides is 1. The zero-order valence-electron chi connectivity index (χ0n) is 10.7. The van der Waals surface area contributed by atoms with Crippen molar-refractivity contribution >= 4 is 38.1 Å². The maximum atomic E-state index is 12.0. The van der Waals surface area contributed by atoms with Crippen LogP contribution < -0.4 is 10.5 Å². The van der Waals surface area contributed by atoms with Gasteiger partial charge in [-0.15, -0.1) is 0 Å². The molecule has 1 aromatic rings. The molecule has 0 spiro atoms. The fraction of sp³-hybridized carbons (Fsp3) is 0.455. The van der Waals surface area contributed by atoms with E-state index in [1.165, 1.54) is 18.2 Å². The highest BCUT2D eigenvalue weighted by Crippen LogP contribution is 2.23. The van der Waals surface area contributed by atoms with E-state index in [4.69, 9.17) is 17.3 Å². The second-order valence-corrected chi connectivity index (χ2v) is 8.13. The van der Waals surface area contributed by atoms with Gasteiger partial charge in [0.2, 0.25) is 10.0 Å². The summed E-state index contributed by atoms with van der Waals surface area (Å²) in [5.74, 6) is 0. The van der Waals surface area contributed by atoms with Gasteiger partial charge in [0.15, 0.2) is 0 Å². The fourth-order valence-corrected chi connectivity index (χ4v) is 3.40. The lowest BCUT2D eigenvalue weighted by molar-refractivity contribution is 0.578. The van der Waals surface area contributed by atoms with E-state index in [1.807, 2.05) is 0 Å². The molecule has 0 aliphatic heterocycles. The van der Waals surface area contributed by atoms with Crippen molar-refractivity contribution in [1.82, 2.24) is 4.72 Å². The fourth-order valence-electron chi connectivity index (χ4n) is 1.37. The van der Waals surface area contributed by atoms with Crippen molar-refractivity contribution in [1.29, 1.82) is 0 Å². The van der Waals surface area contributed by atoms with Gasteiger partial charge in [0.05, 0.1) is 5.02 Å². The van der Waals surface area contributed by atoms with Gasteiger partial charge in [0.1, 0.15) is 4.90 Å². The van der Waals surface area contributed by atoms with Crippen LogP contribution in [0.2, 0.25) is 5.02 Å². The van der Waals surface area contributed by atoms with Crippen molar-refractivity contribution < 1.29 is 12.6 Å².